The lowest BCUT2D eigenvalue weighted by molar-refractivity contribution is 0.630. The molecule has 0 radical (unpaired) electrons. The molecule has 0 unspecified atom stereocenters. The van der Waals surface area contributed by atoms with Gasteiger partial charge in [-0.05, 0) is 18.2 Å². The lowest BCUT2D eigenvalue weighted by atomic mass is 10.2. The SMILES string of the molecule is NNc1ccc(C#CCCCl)cc1F. The van der Waals surface area contributed by atoms with E-state index < -0.39 is 5.82 Å². The topological polar surface area (TPSA) is 38.0 Å². The van der Waals surface area contributed by atoms with Gasteiger partial charge in [0.2, 0.25) is 0 Å². The smallest absolute Gasteiger partial charge is 0.148 e. The molecule has 0 fully saturated rings. The zero-order valence-corrected chi connectivity index (χ0v) is 8.24. The number of alkyl halides is 1. The number of hydrogen-bond acceptors (Lipinski definition) is 2. The number of nitrogens with two attached hydrogens (primary N) is 1. The summed E-state index contributed by atoms with van der Waals surface area (Å²) in [7, 11) is 0. The van der Waals surface area contributed by atoms with Crippen LogP contribution in [-0.2, 0) is 0 Å². The van der Waals surface area contributed by atoms with Crippen LogP contribution >= 0.6 is 11.6 Å². The van der Waals surface area contributed by atoms with Crippen LogP contribution in [0.2, 0.25) is 0 Å². The Hall–Kier alpha value is -1.24. The van der Waals surface area contributed by atoms with Gasteiger partial charge < -0.3 is 5.43 Å². The molecule has 74 valence electrons. The summed E-state index contributed by atoms with van der Waals surface area (Å²) in [6, 6.07) is 4.57. The van der Waals surface area contributed by atoms with Gasteiger partial charge in [-0.25, -0.2) is 4.39 Å². The molecule has 0 saturated carbocycles. The van der Waals surface area contributed by atoms with Gasteiger partial charge in [0.15, 0.2) is 0 Å². The number of halogens is 2. The normalized spacial score (nSPS) is 9.07. The Balaban J connectivity index is 2.82. The first kappa shape index (κ1) is 10.8. The second-order valence-electron chi connectivity index (χ2n) is 2.58. The maximum Gasteiger partial charge on any atom is 0.148 e. The maximum absolute atomic E-state index is 13.1. The minimum absolute atomic E-state index is 0.257. The number of rotatable bonds is 2. The van der Waals surface area contributed by atoms with Crippen LogP contribution in [0.25, 0.3) is 0 Å². The Morgan fingerprint density at radius 1 is 1.50 bits per heavy atom. The van der Waals surface area contributed by atoms with Crippen molar-refractivity contribution in [3.05, 3.63) is 29.6 Å². The molecule has 0 aliphatic rings. The van der Waals surface area contributed by atoms with Gasteiger partial charge in [0, 0.05) is 17.9 Å². The fraction of sp³-hybridized carbons (Fsp3) is 0.200. The second-order valence-corrected chi connectivity index (χ2v) is 2.96. The van der Waals surface area contributed by atoms with Crippen molar-refractivity contribution in [3.8, 4) is 11.8 Å². The summed E-state index contributed by atoms with van der Waals surface area (Å²) in [4.78, 5) is 0. The summed E-state index contributed by atoms with van der Waals surface area (Å²) in [5, 5.41) is 0. The van der Waals surface area contributed by atoms with E-state index in [1.807, 2.05) is 0 Å². The highest BCUT2D eigenvalue weighted by Gasteiger charge is 1.99. The van der Waals surface area contributed by atoms with Gasteiger partial charge in [-0.15, -0.1) is 11.6 Å². The first-order valence-electron chi connectivity index (χ1n) is 4.09. The van der Waals surface area contributed by atoms with Crippen LogP contribution in [0.5, 0.6) is 0 Å². The maximum atomic E-state index is 13.1. The molecule has 3 N–H and O–H groups in total. The van der Waals surface area contributed by atoms with E-state index in [-0.39, 0.29) is 5.69 Å². The van der Waals surface area contributed by atoms with Crippen LogP contribution in [0.1, 0.15) is 12.0 Å². The predicted octanol–water partition coefficient (Wildman–Crippen LogP) is 2.09. The van der Waals surface area contributed by atoms with E-state index in [1.165, 1.54) is 6.07 Å². The first-order chi connectivity index (χ1) is 6.77. The first-order valence-corrected chi connectivity index (χ1v) is 4.62. The number of benzene rings is 1. The molecule has 4 heteroatoms. The van der Waals surface area contributed by atoms with Crippen molar-refractivity contribution in [1.29, 1.82) is 0 Å². The highest BCUT2D eigenvalue weighted by molar-refractivity contribution is 6.18. The Bertz CT molecular complexity index is 368. The number of nitrogen functional groups attached to an aromatic ring is 1. The van der Waals surface area contributed by atoms with Crippen LogP contribution in [0.3, 0.4) is 0 Å². The number of hydrogen-bond donors (Lipinski definition) is 2. The molecule has 0 amide bonds. The monoisotopic (exact) mass is 212 g/mol. The van der Waals surface area contributed by atoms with Crippen molar-refractivity contribution in [2.75, 3.05) is 11.3 Å². The quantitative estimate of drug-likeness (QED) is 0.341. The number of nitrogens with one attached hydrogen (secondary N) is 1. The third-order valence-electron chi connectivity index (χ3n) is 1.58. The van der Waals surface area contributed by atoms with Crippen LogP contribution < -0.4 is 11.3 Å². The molecule has 0 bridgehead atoms. The van der Waals surface area contributed by atoms with Gasteiger partial charge in [0.25, 0.3) is 0 Å². The molecule has 0 saturated heterocycles. The van der Waals surface area contributed by atoms with Gasteiger partial charge in [-0.3, -0.25) is 5.84 Å². The van der Waals surface area contributed by atoms with E-state index in [2.05, 4.69) is 17.3 Å². The van der Waals surface area contributed by atoms with E-state index in [4.69, 9.17) is 17.4 Å². The van der Waals surface area contributed by atoms with Crippen molar-refractivity contribution >= 4 is 17.3 Å². The van der Waals surface area contributed by atoms with Crippen molar-refractivity contribution in [3.63, 3.8) is 0 Å². The standard InChI is InChI=1S/C10H10ClFN2/c11-6-2-1-3-8-4-5-10(14-13)9(12)7-8/h4-5,7,14H,2,6,13H2. The molecule has 2 nitrogen and oxygen atoms in total. The third-order valence-corrected chi connectivity index (χ3v) is 1.77. The minimum atomic E-state index is -0.412. The van der Waals surface area contributed by atoms with Gasteiger partial charge in [-0.2, -0.15) is 0 Å². The summed E-state index contributed by atoms with van der Waals surface area (Å²) >= 11 is 5.44. The third kappa shape index (κ3) is 2.91. The molecule has 0 spiro atoms. The molecular weight excluding hydrogens is 203 g/mol. The summed E-state index contributed by atoms with van der Waals surface area (Å²) < 4.78 is 13.1. The van der Waals surface area contributed by atoms with Gasteiger partial charge >= 0.3 is 0 Å². The largest absolute Gasteiger partial charge is 0.321 e. The van der Waals surface area contributed by atoms with Crippen molar-refractivity contribution in [1.82, 2.24) is 0 Å². The number of hydrazine groups is 1. The molecule has 0 aromatic heterocycles. The molecule has 0 aliphatic carbocycles. The van der Waals surface area contributed by atoms with Crippen LogP contribution in [0.4, 0.5) is 10.1 Å². The summed E-state index contributed by atoms with van der Waals surface area (Å²) in [5.41, 5.74) is 3.12. The zero-order valence-electron chi connectivity index (χ0n) is 7.48. The van der Waals surface area contributed by atoms with Gasteiger partial charge in [0.1, 0.15) is 5.82 Å². The molecule has 0 heterocycles. The van der Waals surface area contributed by atoms with Crippen LogP contribution in [-0.4, -0.2) is 5.88 Å². The van der Waals surface area contributed by atoms with Crippen molar-refractivity contribution in [2.24, 2.45) is 5.84 Å². The van der Waals surface area contributed by atoms with Crippen LogP contribution in [0, 0.1) is 17.7 Å². The lowest BCUT2D eigenvalue weighted by Crippen LogP contribution is -2.08. The van der Waals surface area contributed by atoms with E-state index >= 15 is 0 Å². The average Bonchev–Trinajstić information content (AvgIpc) is 2.18. The Morgan fingerprint density at radius 3 is 2.86 bits per heavy atom. The fourth-order valence-electron chi connectivity index (χ4n) is 0.922. The molecular formula is C10H10ClFN2. The minimum Gasteiger partial charge on any atom is -0.321 e. The van der Waals surface area contributed by atoms with E-state index in [1.54, 1.807) is 12.1 Å². The lowest BCUT2D eigenvalue weighted by Gasteiger charge is -2.00. The molecule has 1 aromatic carbocycles. The summed E-state index contributed by atoms with van der Waals surface area (Å²) in [5.74, 6) is 10.8. The van der Waals surface area contributed by atoms with E-state index in [9.17, 15) is 4.39 Å². The zero-order chi connectivity index (χ0) is 10.4. The van der Waals surface area contributed by atoms with Gasteiger partial charge in [-0.1, -0.05) is 11.8 Å². The molecule has 1 aromatic rings. The Morgan fingerprint density at radius 2 is 2.29 bits per heavy atom. The predicted molar refractivity (Wildman–Crippen MR) is 56.4 cm³/mol. The summed E-state index contributed by atoms with van der Waals surface area (Å²) in [6.45, 7) is 0. The van der Waals surface area contributed by atoms with E-state index in [0.717, 1.165) is 0 Å². The highest BCUT2D eigenvalue weighted by Crippen LogP contribution is 2.13. The van der Waals surface area contributed by atoms with Crippen molar-refractivity contribution < 1.29 is 4.39 Å². The van der Waals surface area contributed by atoms with Crippen molar-refractivity contribution in [2.45, 2.75) is 6.42 Å². The Labute approximate surface area is 87.2 Å². The molecule has 1 rings (SSSR count). The second kappa shape index (κ2) is 5.48. The average molecular weight is 213 g/mol. The fourth-order valence-corrected chi connectivity index (χ4v) is 1.02. The molecule has 14 heavy (non-hydrogen) atoms. The van der Waals surface area contributed by atoms with E-state index in [0.29, 0.717) is 17.9 Å². The molecule has 0 atom stereocenters. The van der Waals surface area contributed by atoms with Gasteiger partial charge in [0.05, 0.1) is 5.69 Å². The Kier molecular flexibility index (Phi) is 4.24. The number of anilines is 1. The summed E-state index contributed by atoms with van der Waals surface area (Å²) in [6.07, 6.45) is 0.597. The van der Waals surface area contributed by atoms with Crippen LogP contribution in [0.15, 0.2) is 18.2 Å². The molecule has 0 aliphatic heterocycles. The highest BCUT2D eigenvalue weighted by atomic mass is 35.5.